The second-order valence-electron chi connectivity index (χ2n) is 10.6. The molecule has 11 nitrogen and oxygen atoms in total. The van der Waals surface area contributed by atoms with Gasteiger partial charge in [0.1, 0.15) is 5.60 Å². The van der Waals surface area contributed by atoms with E-state index in [2.05, 4.69) is 15.2 Å². The standard InChI is InChI=1S/C28H30F3N5O6/c1-27(2,3)42-26(38)35-16-14-34(15-17-35)13-12-32-24(37)22-23(20-6-4-5-7-21(20)36(39)40)41-25(33-22)18-8-10-19(11-9-18)28(29,30)31/h4-11H,12-17H2,1-3H3,(H,32,37). The Morgan fingerprint density at radius 3 is 2.29 bits per heavy atom. The minimum atomic E-state index is -4.54. The van der Waals surface area contributed by atoms with Gasteiger partial charge in [-0.2, -0.15) is 13.2 Å². The summed E-state index contributed by atoms with van der Waals surface area (Å²) in [6.07, 6.45) is -4.92. The molecule has 3 aromatic rings. The number of carbonyl (C=O) groups excluding carboxylic acids is 2. The molecule has 1 fully saturated rings. The first-order chi connectivity index (χ1) is 19.7. The highest BCUT2D eigenvalue weighted by molar-refractivity contribution is 5.99. The summed E-state index contributed by atoms with van der Waals surface area (Å²) in [7, 11) is 0. The third-order valence-electron chi connectivity index (χ3n) is 6.38. The van der Waals surface area contributed by atoms with Crippen molar-refractivity contribution in [3.05, 3.63) is 69.9 Å². The summed E-state index contributed by atoms with van der Waals surface area (Å²) in [5.74, 6) is -1.02. The largest absolute Gasteiger partial charge is 0.444 e. The van der Waals surface area contributed by atoms with Gasteiger partial charge in [0.15, 0.2) is 11.5 Å². The number of hydrogen-bond donors (Lipinski definition) is 1. The summed E-state index contributed by atoms with van der Waals surface area (Å²) in [6, 6.07) is 9.63. The lowest BCUT2D eigenvalue weighted by atomic mass is 10.1. The summed E-state index contributed by atoms with van der Waals surface area (Å²) >= 11 is 0. The van der Waals surface area contributed by atoms with Crippen molar-refractivity contribution < 1.29 is 36.8 Å². The molecule has 1 aliphatic rings. The van der Waals surface area contributed by atoms with E-state index in [0.717, 1.165) is 24.3 Å². The summed E-state index contributed by atoms with van der Waals surface area (Å²) in [5.41, 5.74) is -1.88. The van der Waals surface area contributed by atoms with Crippen LogP contribution >= 0.6 is 0 Å². The van der Waals surface area contributed by atoms with Crippen molar-refractivity contribution >= 4 is 17.7 Å². The predicted molar refractivity (Wildman–Crippen MR) is 146 cm³/mol. The molecule has 0 aliphatic carbocycles. The predicted octanol–water partition coefficient (Wildman–Crippen LogP) is 5.22. The zero-order valence-electron chi connectivity index (χ0n) is 23.2. The molecule has 4 rings (SSSR count). The smallest absolute Gasteiger partial charge is 0.416 e. The van der Waals surface area contributed by atoms with Crippen LogP contribution in [0, 0.1) is 10.1 Å². The van der Waals surface area contributed by atoms with Crippen molar-refractivity contribution in [1.82, 2.24) is 20.1 Å². The lowest BCUT2D eigenvalue weighted by Gasteiger charge is -2.35. The Kier molecular flexibility index (Phi) is 8.85. The molecule has 0 saturated carbocycles. The molecule has 0 unspecified atom stereocenters. The van der Waals surface area contributed by atoms with E-state index in [1.165, 1.54) is 24.3 Å². The number of oxazole rings is 1. The third-order valence-corrected chi connectivity index (χ3v) is 6.38. The third kappa shape index (κ3) is 7.43. The van der Waals surface area contributed by atoms with Crippen LogP contribution < -0.4 is 5.32 Å². The number of aromatic nitrogens is 1. The fraction of sp³-hybridized carbons (Fsp3) is 0.393. The van der Waals surface area contributed by atoms with E-state index in [1.807, 2.05) is 0 Å². The van der Waals surface area contributed by atoms with Crippen molar-refractivity contribution in [3.8, 4) is 22.8 Å². The highest BCUT2D eigenvalue weighted by Crippen LogP contribution is 2.36. The Bertz CT molecular complexity index is 1440. The molecule has 224 valence electrons. The van der Waals surface area contributed by atoms with Gasteiger partial charge in [0.25, 0.3) is 11.6 Å². The van der Waals surface area contributed by atoms with Crippen LogP contribution in [0.5, 0.6) is 0 Å². The van der Waals surface area contributed by atoms with Crippen molar-refractivity contribution in [1.29, 1.82) is 0 Å². The van der Waals surface area contributed by atoms with Gasteiger partial charge in [-0.15, -0.1) is 0 Å². The summed E-state index contributed by atoms with van der Waals surface area (Å²) < 4.78 is 50.2. The van der Waals surface area contributed by atoms with Gasteiger partial charge >= 0.3 is 12.3 Å². The van der Waals surface area contributed by atoms with Gasteiger partial charge in [-0.1, -0.05) is 12.1 Å². The molecular formula is C28H30F3N5O6. The van der Waals surface area contributed by atoms with Crippen LogP contribution in [0.25, 0.3) is 22.8 Å². The first-order valence-corrected chi connectivity index (χ1v) is 13.1. The molecule has 42 heavy (non-hydrogen) atoms. The number of nitrogens with one attached hydrogen (secondary N) is 1. The van der Waals surface area contributed by atoms with E-state index in [4.69, 9.17) is 9.15 Å². The summed E-state index contributed by atoms with van der Waals surface area (Å²) in [4.78, 5) is 44.4. The van der Waals surface area contributed by atoms with E-state index in [1.54, 1.807) is 25.7 Å². The van der Waals surface area contributed by atoms with Gasteiger partial charge < -0.3 is 19.4 Å². The first kappa shape index (κ1) is 30.5. The van der Waals surface area contributed by atoms with Gasteiger partial charge in [-0.3, -0.25) is 19.8 Å². The molecule has 0 radical (unpaired) electrons. The van der Waals surface area contributed by atoms with Crippen LogP contribution in [0.2, 0.25) is 0 Å². The molecule has 1 N–H and O–H groups in total. The molecule has 2 amide bonds. The molecule has 0 spiro atoms. The number of rotatable bonds is 7. The molecule has 0 bridgehead atoms. The van der Waals surface area contributed by atoms with Crippen LogP contribution in [0.1, 0.15) is 36.8 Å². The van der Waals surface area contributed by atoms with Crippen LogP contribution in [0.3, 0.4) is 0 Å². The lowest BCUT2D eigenvalue weighted by Crippen LogP contribution is -2.51. The fourth-order valence-corrected chi connectivity index (χ4v) is 4.30. The van der Waals surface area contributed by atoms with Gasteiger partial charge in [-0.25, -0.2) is 9.78 Å². The Hall–Kier alpha value is -4.46. The van der Waals surface area contributed by atoms with E-state index >= 15 is 0 Å². The van der Waals surface area contributed by atoms with Crippen molar-refractivity contribution in [2.75, 3.05) is 39.3 Å². The van der Waals surface area contributed by atoms with E-state index < -0.39 is 28.2 Å². The number of alkyl halides is 3. The monoisotopic (exact) mass is 589 g/mol. The van der Waals surface area contributed by atoms with Gasteiger partial charge in [-0.05, 0) is 51.1 Å². The number of para-hydroxylation sites is 1. The quantitative estimate of drug-likeness (QED) is 0.293. The molecular weight excluding hydrogens is 559 g/mol. The number of halogens is 3. The SMILES string of the molecule is CC(C)(C)OC(=O)N1CCN(CCNC(=O)c2nc(-c3ccc(C(F)(F)F)cc3)oc2-c2ccccc2[N+](=O)[O-])CC1. The number of nitro benzene ring substituents is 1. The second-order valence-corrected chi connectivity index (χ2v) is 10.6. The summed E-state index contributed by atoms with van der Waals surface area (Å²) in [6.45, 7) is 8.11. The number of hydrogen-bond acceptors (Lipinski definition) is 8. The normalized spacial score (nSPS) is 14.5. The molecule has 1 aromatic heterocycles. The Labute approximate surface area is 239 Å². The van der Waals surface area contributed by atoms with E-state index in [0.29, 0.717) is 32.7 Å². The molecule has 14 heteroatoms. The molecule has 0 atom stereocenters. The van der Waals surface area contributed by atoms with Crippen LogP contribution in [-0.2, 0) is 10.9 Å². The number of benzene rings is 2. The van der Waals surface area contributed by atoms with Crippen LogP contribution in [0.15, 0.2) is 52.9 Å². The minimum Gasteiger partial charge on any atom is -0.444 e. The average Bonchev–Trinajstić information content (AvgIpc) is 3.37. The fourth-order valence-electron chi connectivity index (χ4n) is 4.30. The maximum atomic E-state index is 13.2. The van der Waals surface area contributed by atoms with E-state index in [9.17, 15) is 32.9 Å². The van der Waals surface area contributed by atoms with Crippen LogP contribution in [0.4, 0.5) is 23.7 Å². The molecule has 2 heterocycles. The zero-order valence-corrected chi connectivity index (χ0v) is 23.2. The Balaban J connectivity index is 1.48. The zero-order chi connectivity index (χ0) is 30.7. The summed E-state index contributed by atoms with van der Waals surface area (Å²) in [5, 5.41) is 14.4. The van der Waals surface area contributed by atoms with Crippen molar-refractivity contribution in [2.24, 2.45) is 0 Å². The number of amides is 2. The highest BCUT2D eigenvalue weighted by Gasteiger charge is 2.31. The number of nitrogens with zero attached hydrogens (tertiary/aromatic N) is 4. The molecule has 1 aliphatic heterocycles. The Morgan fingerprint density at radius 1 is 1.05 bits per heavy atom. The molecule has 2 aromatic carbocycles. The minimum absolute atomic E-state index is 0.00317. The Morgan fingerprint density at radius 2 is 1.69 bits per heavy atom. The lowest BCUT2D eigenvalue weighted by molar-refractivity contribution is -0.384. The first-order valence-electron chi connectivity index (χ1n) is 13.1. The topological polar surface area (TPSA) is 131 Å². The maximum Gasteiger partial charge on any atom is 0.416 e. The maximum absolute atomic E-state index is 13.2. The van der Waals surface area contributed by atoms with Gasteiger partial charge in [0.05, 0.1) is 16.1 Å². The number of carbonyl (C=O) groups is 2. The van der Waals surface area contributed by atoms with Crippen LogP contribution in [-0.4, -0.2) is 76.6 Å². The van der Waals surface area contributed by atoms with Gasteiger partial charge in [0, 0.05) is 50.9 Å². The number of nitro groups is 1. The van der Waals surface area contributed by atoms with E-state index in [-0.39, 0.29) is 46.8 Å². The number of piperazine rings is 1. The average molecular weight is 590 g/mol. The van der Waals surface area contributed by atoms with Crippen molar-refractivity contribution in [2.45, 2.75) is 32.5 Å². The van der Waals surface area contributed by atoms with Crippen molar-refractivity contribution in [3.63, 3.8) is 0 Å². The number of ether oxygens (including phenoxy) is 1. The second kappa shape index (κ2) is 12.2. The molecule has 1 saturated heterocycles. The highest BCUT2D eigenvalue weighted by atomic mass is 19.4. The van der Waals surface area contributed by atoms with Gasteiger partial charge in [0.2, 0.25) is 5.89 Å².